The van der Waals surface area contributed by atoms with Gasteiger partial charge in [-0.3, -0.25) is 9.59 Å². The topological polar surface area (TPSA) is 63.6 Å². The van der Waals surface area contributed by atoms with E-state index in [-0.39, 0.29) is 16.9 Å². The van der Waals surface area contributed by atoms with Crippen LogP contribution in [0.2, 0.25) is 0 Å². The fraction of sp³-hybridized carbons (Fsp3) is 0.125. The maximum Gasteiger partial charge on any atom is 0.197 e. The first kappa shape index (κ1) is 13.8. The molecule has 0 unspecified atom stereocenters. The van der Waals surface area contributed by atoms with Gasteiger partial charge in [-0.1, -0.05) is 24.3 Å². The Morgan fingerprint density at radius 2 is 1.95 bits per heavy atom. The van der Waals surface area contributed by atoms with E-state index in [4.69, 9.17) is 4.74 Å². The molecule has 0 saturated heterocycles. The molecule has 102 valence electrons. The third-order valence-corrected chi connectivity index (χ3v) is 2.86. The first-order valence-corrected chi connectivity index (χ1v) is 6.22. The molecule has 0 aliphatic carbocycles. The molecule has 1 N–H and O–H groups in total. The number of aromatic hydroxyl groups is 1. The van der Waals surface area contributed by atoms with Gasteiger partial charge in [-0.2, -0.15) is 0 Å². The Balaban J connectivity index is 2.41. The standard InChI is InChI=1S/C16H14O4/c1-2-20-12-7-8-14(15(18)9-12)16(19)13-6-4-3-5-11(13)10-17/h3-10,18H,2H2,1H3. The van der Waals surface area contributed by atoms with E-state index in [2.05, 4.69) is 0 Å². The van der Waals surface area contributed by atoms with Crippen molar-refractivity contribution >= 4 is 12.1 Å². The number of carbonyl (C=O) groups is 2. The van der Waals surface area contributed by atoms with Crippen molar-refractivity contribution in [3.8, 4) is 11.5 Å². The fourth-order valence-corrected chi connectivity index (χ4v) is 1.91. The lowest BCUT2D eigenvalue weighted by atomic mass is 9.98. The molecule has 2 aromatic rings. The molecule has 0 amide bonds. The van der Waals surface area contributed by atoms with Crippen molar-refractivity contribution in [2.45, 2.75) is 6.92 Å². The fourth-order valence-electron chi connectivity index (χ4n) is 1.91. The van der Waals surface area contributed by atoms with Crippen molar-refractivity contribution in [3.63, 3.8) is 0 Å². The molecule has 0 aliphatic heterocycles. The van der Waals surface area contributed by atoms with Crippen molar-refractivity contribution in [1.82, 2.24) is 0 Å². The summed E-state index contributed by atoms with van der Waals surface area (Å²) in [5, 5.41) is 9.92. The van der Waals surface area contributed by atoms with E-state index < -0.39 is 5.78 Å². The van der Waals surface area contributed by atoms with E-state index in [0.717, 1.165) is 0 Å². The number of rotatable bonds is 5. The molecule has 0 heterocycles. The van der Waals surface area contributed by atoms with Crippen LogP contribution in [0.5, 0.6) is 11.5 Å². The second-order valence-electron chi connectivity index (χ2n) is 4.15. The first-order chi connectivity index (χ1) is 9.67. The summed E-state index contributed by atoms with van der Waals surface area (Å²) in [6, 6.07) is 11.0. The molecule has 4 nitrogen and oxygen atoms in total. The largest absolute Gasteiger partial charge is 0.507 e. The van der Waals surface area contributed by atoms with Gasteiger partial charge in [-0.25, -0.2) is 0 Å². The van der Waals surface area contributed by atoms with E-state index in [1.807, 2.05) is 6.92 Å². The van der Waals surface area contributed by atoms with Gasteiger partial charge in [0.2, 0.25) is 0 Å². The molecule has 2 aromatic carbocycles. The van der Waals surface area contributed by atoms with Gasteiger partial charge < -0.3 is 9.84 Å². The summed E-state index contributed by atoms with van der Waals surface area (Å²) in [6.07, 6.45) is 0.624. The molecule has 0 atom stereocenters. The number of carbonyl (C=O) groups excluding carboxylic acids is 2. The van der Waals surface area contributed by atoms with Gasteiger partial charge in [-0.05, 0) is 19.1 Å². The predicted octanol–water partition coefficient (Wildman–Crippen LogP) is 2.83. The minimum Gasteiger partial charge on any atom is -0.507 e. The Morgan fingerprint density at radius 1 is 1.20 bits per heavy atom. The maximum atomic E-state index is 12.4. The minimum absolute atomic E-state index is 0.141. The first-order valence-electron chi connectivity index (χ1n) is 6.22. The summed E-state index contributed by atoms with van der Waals surface area (Å²) < 4.78 is 5.24. The lowest BCUT2D eigenvalue weighted by molar-refractivity contribution is 0.102. The Hall–Kier alpha value is -2.62. The van der Waals surface area contributed by atoms with Crippen LogP contribution in [0.3, 0.4) is 0 Å². The Bertz CT molecular complexity index is 647. The molecule has 0 spiro atoms. The molecule has 0 aromatic heterocycles. The summed E-state index contributed by atoms with van der Waals surface area (Å²) in [4.78, 5) is 23.3. The zero-order chi connectivity index (χ0) is 14.5. The summed E-state index contributed by atoms with van der Waals surface area (Å²) in [5.41, 5.74) is 0.704. The molecule has 20 heavy (non-hydrogen) atoms. The van der Waals surface area contributed by atoms with Crippen LogP contribution in [-0.4, -0.2) is 23.8 Å². The molecule has 0 aliphatic rings. The van der Waals surface area contributed by atoms with Crippen molar-refractivity contribution in [2.75, 3.05) is 6.61 Å². The van der Waals surface area contributed by atoms with Gasteiger partial charge in [0.15, 0.2) is 12.1 Å². The molecule has 2 rings (SSSR count). The van der Waals surface area contributed by atoms with Gasteiger partial charge in [0.05, 0.1) is 12.2 Å². The predicted molar refractivity (Wildman–Crippen MR) is 74.5 cm³/mol. The molecular formula is C16H14O4. The van der Waals surface area contributed by atoms with E-state index in [1.54, 1.807) is 30.3 Å². The highest BCUT2D eigenvalue weighted by atomic mass is 16.5. The highest BCUT2D eigenvalue weighted by molar-refractivity contribution is 6.14. The van der Waals surface area contributed by atoms with Gasteiger partial charge in [0, 0.05) is 17.2 Å². The molecule has 0 fully saturated rings. The average Bonchev–Trinajstić information content (AvgIpc) is 2.47. The monoisotopic (exact) mass is 270 g/mol. The van der Waals surface area contributed by atoms with E-state index >= 15 is 0 Å². The Morgan fingerprint density at radius 3 is 2.60 bits per heavy atom. The van der Waals surface area contributed by atoms with Crippen molar-refractivity contribution in [2.24, 2.45) is 0 Å². The lowest BCUT2D eigenvalue weighted by Crippen LogP contribution is -2.05. The number of hydrogen-bond acceptors (Lipinski definition) is 4. The second kappa shape index (κ2) is 6.02. The third-order valence-electron chi connectivity index (χ3n) is 2.86. The summed E-state index contributed by atoms with van der Waals surface area (Å²) in [5.74, 6) is -0.0693. The minimum atomic E-state index is -0.395. The number of phenols is 1. The van der Waals surface area contributed by atoms with E-state index in [1.165, 1.54) is 12.1 Å². The number of phenolic OH excluding ortho intramolecular Hbond substituents is 1. The zero-order valence-corrected chi connectivity index (χ0v) is 11.0. The molecule has 4 heteroatoms. The van der Waals surface area contributed by atoms with Crippen LogP contribution < -0.4 is 4.74 Å². The number of ketones is 1. The molecule has 0 bridgehead atoms. The number of benzene rings is 2. The molecule has 0 radical (unpaired) electrons. The van der Waals surface area contributed by atoms with Crippen LogP contribution in [0.4, 0.5) is 0 Å². The molecule has 0 saturated carbocycles. The third kappa shape index (κ3) is 2.69. The summed E-state index contributed by atoms with van der Waals surface area (Å²) in [7, 11) is 0. The highest BCUT2D eigenvalue weighted by Gasteiger charge is 2.17. The van der Waals surface area contributed by atoms with Crippen molar-refractivity contribution < 1.29 is 19.4 Å². The lowest BCUT2D eigenvalue weighted by Gasteiger charge is -2.08. The van der Waals surface area contributed by atoms with Crippen molar-refractivity contribution in [1.29, 1.82) is 0 Å². The van der Waals surface area contributed by atoms with Crippen molar-refractivity contribution in [3.05, 3.63) is 59.2 Å². The second-order valence-corrected chi connectivity index (χ2v) is 4.15. The van der Waals surface area contributed by atoms with E-state index in [0.29, 0.717) is 24.2 Å². The maximum absolute atomic E-state index is 12.4. The van der Waals surface area contributed by atoms with Crippen LogP contribution >= 0.6 is 0 Å². The van der Waals surface area contributed by atoms with Gasteiger partial charge in [0.25, 0.3) is 0 Å². The number of hydrogen-bond donors (Lipinski definition) is 1. The van der Waals surface area contributed by atoms with E-state index in [9.17, 15) is 14.7 Å². The van der Waals surface area contributed by atoms with Gasteiger partial charge >= 0.3 is 0 Å². The van der Waals surface area contributed by atoms with Crippen LogP contribution in [0.15, 0.2) is 42.5 Å². The summed E-state index contributed by atoms with van der Waals surface area (Å²) in [6.45, 7) is 2.30. The van der Waals surface area contributed by atoms with Crippen LogP contribution in [-0.2, 0) is 0 Å². The Kier molecular flexibility index (Phi) is 4.15. The zero-order valence-electron chi connectivity index (χ0n) is 11.0. The Labute approximate surface area is 116 Å². The SMILES string of the molecule is CCOc1ccc(C(=O)c2ccccc2C=O)c(O)c1. The summed E-state index contributed by atoms with van der Waals surface area (Å²) >= 11 is 0. The smallest absolute Gasteiger partial charge is 0.197 e. The number of ether oxygens (including phenoxy) is 1. The van der Waals surface area contributed by atoms with Crippen LogP contribution in [0.1, 0.15) is 33.2 Å². The average molecular weight is 270 g/mol. The van der Waals surface area contributed by atoms with Crippen LogP contribution in [0, 0.1) is 0 Å². The van der Waals surface area contributed by atoms with Crippen LogP contribution in [0.25, 0.3) is 0 Å². The number of aldehydes is 1. The molecular weight excluding hydrogens is 256 g/mol. The quantitative estimate of drug-likeness (QED) is 0.670. The normalized spacial score (nSPS) is 10.1. The van der Waals surface area contributed by atoms with Gasteiger partial charge in [-0.15, -0.1) is 0 Å². The highest BCUT2D eigenvalue weighted by Crippen LogP contribution is 2.26. The van der Waals surface area contributed by atoms with Gasteiger partial charge in [0.1, 0.15) is 11.5 Å².